The summed E-state index contributed by atoms with van der Waals surface area (Å²) < 4.78 is 42.5. The smallest absolute Gasteiger partial charge is 0.255 e. The molecule has 24 heavy (non-hydrogen) atoms. The van der Waals surface area contributed by atoms with Crippen molar-refractivity contribution < 1.29 is 22.6 Å². The summed E-state index contributed by atoms with van der Waals surface area (Å²) in [5.74, 6) is 1.12. The maximum atomic E-state index is 12.2. The summed E-state index contributed by atoms with van der Waals surface area (Å²) >= 11 is 0. The Morgan fingerprint density at radius 2 is 1.50 bits per heavy atom. The zero-order chi connectivity index (χ0) is 17.6. The number of anilines is 1. The third kappa shape index (κ3) is 4.42. The Kier molecular flexibility index (Phi) is 5.70. The predicted octanol–water partition coefficient (Wildman–Crippen LogP) is 3.13. The first kappa shape index (κ1) is 17.7. The molecule has 0 unspecified atom stereocenters. The lowest BCUT2D eigenvalue weighted by molar-refractivity contribution is 0.325. The number of hydrogen-bond acceptors (Lipinski definition) is 5. The van der Waals surface area contributed by atoms with Gasteiger partial charge in [0.15, 0.2) is 11.5 Å². The largest absolute Gasteiger partial charge is 0.493 e. The SMILES string of the molecule is COc1cc(NS(=O)(=O)/C=C/c2ccccc2)cc(OC)c1OC. The Balaban J connectivity index is 2.27. The third-order valence-electron chi connectivity index (χ3n) is 3.16. The molecule has 0 atom stereocenters. The van der Waals surface area contributed by atoms with Gasteiger partial charge in [-0.3, -0.25) is 4.72 Å². The number of sulfonamides is 1. The molecule has 0 spiro atoms. The van der Waals surface area contributed by atoms with Crippen molar-refractivity contribution in [3.8, 4) is 17.2 Å². The molecule has 2 aromatic carbocycles. The molecule has 1 N–H and O–H groups in total. The highest BCUT2D eigenvalue weighted by Crippen LogP contribution is 2.40. The number of hydrogen-bond donors (Lipinski definition) is 1. The lowest BCUT2D eigenvalue weighted by Crippen LogP contribution is -2.09. The number of rotatable bonds is 7. The zero-order valence-electron chi connectivity index (χ0n) is 13.6. The molecule has 0 heterocycles. The monoisotopic (exact) mass is 349 g/mol. The molecule has 0 aliphatic rings. The molecule has 0 aliphatic heterocycles. The fraction of sp³-hybridized carbons (Fsp3) is 0.176. The molecule has 0 aliphatic carbocycles. The Hall–Kier alpha value is -2.67. The second-order valence-corrected chi connectivity index (χ2v) is 6.34. The topological polar surface area (TPSA) is 73.9 Å². The van der Waals surface area contributed by atoms with Crippen molar-refractivity contribution in [1.82, 2.24) is 0 Å². The first-order valence-corrected chi connectivity index (χ1v) is 8.59. The van der Waals surface area contributed by atoms with Crippen LogP contribution in [0.25, 0.3) is 6.08 Å². The summed E-state index contributed by atoms with van der Waals surface area (Å²) in [6, 6.07) is 12.2. The number of ether oxygens (including phenoxy) is 3. The van der Waals surface area contributed by atoms with Gasteiger partial charge in [-0.05, 0) is 11.6 Å². The molecule has 0 aromatic heterocycles. The van der Waals surface area contributed by atoms with Crippen LogP contribution in [-0.2, 0) is 10.0 Å². The van der Waals surface area contributed by atoms with Crippen LogP contribution in [0.5, 0.6) is 17.2 Å². The average Bonchev–Trinajstić information content (AvgIpc) is 2.59. The van der Waals surface area contributed by atoms with E-state index in [0.29, 0.717) is 22.9 Å². The fourth-order valence-electron chi connectivity index (χ4n) is 2.07. The van der Waals surface area contributed by atoms with Crippen molar-refractivity contribution in [1.29, 1.82) is 0 Å². The minimum absolute atomic E-state index is 0.308. The molecule has 0 fully saturated rings. The first-order chi connectivity index (χ1) is 11.5. The molecule has 7 heteroatoms. The second-order valence-electron chi connectivity index (χ2n) is 4.77. The van der Waals surface area contributed by atoms with Crippen LogP contribution in [0.2, 0.25) is 0 Å². The highest BCUT2D eigenvalue weighted by Gasteiger charge is 2.15. The van der Waals surface area contributed by atoms with Gasteiger partial charge in [0.25, 0.3) is 10.0 Å². The molecule has 0 radical (unpaired) electrons. The van der Waals surface area contributed by atoms with E-state index in [1.54, 1.807) is 0 Å². The van der Waals surface area contributed by atoms with Gasteiger partial charge in [-0.2, -0.15) is 0 Å². The molecular weight excluding hydrogens is 330 g/mol. The van der Waals surface area contributed by atoms with E-state index >= 15 is 0 Å². The van der Waals surface area contributed by atoms with E-state index in [-0.39, 0.29) is 0 Å². The van der Waals surface area contributed by atoms with Gasteiger partial charge in [-0.1, -0.05) is 30.3 Å². The van der Waals surface area contributed by atoms with Crippen molar-refractivity contribution in [2.45, 2.75) is 0 Å². The van der Waals surface area contributed by atoms with Crippen LogP contribution in [0.1, 0.15) is 5.56 Å². The summed E-state index contributed by atoms with van der Waals surface area (Å²) in [6.45, 7) is 0. The molecule has 2 aromatic rings. The Bertz CT molecular complexity index is 791. The molecule has 128 valence electrons. The van der Waals surface area contributed by atoms with Gasteiger partial charge in [0.05, 0.1) is 32.4 Å². The Labute approximate surface area is 141 Å². The van der Waals surface area contributed by atoms with Crippen molar-refractivity contribution in [2.75, 3.05) is 26.1 Å². The minimum Gasteiger partial charge on any atom is -0.493 e. The molecule has 0 amide bonds. The van der Waals surface area contributed by atoms with Crippen LogP contribution in [-0.4, -0.2) is 29.7 Å². The van der Waals surface area contributed by atoms with Crippen LogP contribution in [0, 0.1) is 0 Å². The van der Waals surface area contributed by atoms with Gasteiger partial charge in [0.1, 0.15) is 0 Å². The van der Waals surface area contributed by atoms with Gasteiger partial charge in [-0.25, -0.2) is 8.42 Å². The van der Waals surface area contributed by atoms with Gasteiger partial charge < -0.3 is 14.2 Å². The second kappa shape index (κ2) is 7.74. The maximum absolute atomic E-state index is 12.2. The van der Waals surface area contributed by atoms with Gasteiger partial charge in [0.2, 0.25) is 5.75 Å². The van der Waals surface area contributed by atoms with Gasteiger partial charge in [-0.15, -0.1) is 0 Å². The third-order valence-corrected chi connectivity index (χ3v) is 4.18. The molecule has 0 saturated heterocycles. The molecule has 0 saturated carbocycles. The van der Waals surface area contributed by atoms with Crippen LogP contribution in [0.15, 0.2) is 47.9 Å². The highest BCUT2D eigenvalue weighted by molar-refractivity contribution is 7.95. The highest BCUT2D eigenvalue weighted by atomic mass is 32.2. The number of methoxy groups -OCH3 is 3. The van der Waals surface area contributed by atoms with Crippen molar-refractivity contribution in [3.05, 3.63) is 53.4 Å². The van der Waals surface area contributed by atoms with Crippen LogP contribution < -0.4 is 18.9 Å². The Morgan fingerprint density at radius 1 is 0.917 bits per heavy atom. The summed E-state index contributed by atoms with van der Waals surface area (Å²) in [4.78, 5) is 0. The van der Waals surface area contributed by atoms with Crippen molar-refractivity contribution >= 4 is 21.8 Å². The number of benzene rings is 2. The standard InChI is InChI=1S/C17H19NO5S/c1-21-15-11-14(12-16(22-2)17(15)23-3)18-24(19,20)10-9-13-7-5-4-6-8-13/h4-12,18H,1-3H3/b10-9+. The lowest BCUT2D eigenvalue weighted by atomic mass is 10.2. The fourth-order valence-corrected chi connectivity index (χ4v) is 2.92. The van der Waals surface area contributed by atoms with Gasteiger partial charge in [0, 0.05) is 12.1 Å². The Morgan fingerprint density at radius 3 is 2.00 bits per heavy atom. The summed E-state index contributed by atoms with van der Waals surface area (Å²) in [6.07, 6.45) is 1.51. The van der Waals surface area contributed by atoms with Gasteiger partial charge >= 0.3 is 0 Å². The van der Waals surface area contributed by atoms with Crippen molar-refractivity contribution in [2.24, 2.45) is 0 Å². The van der Waals surface area contributed by atoms with E-state index in [0.717, 1.165) is 11.0 Å². The summed E-state index contributed by atoms with van der Waals surface area (Å²) in [5.41, 5.74) is 1.09. The first-order valence-electron chi connectivity index (χ1n) is 7.05. The maximum Gasteiger partial charge on any atom is 0.255 e. The minimum atomic E-state index is -3.68. The quantitative estimate of drug-likeness (QED) is 0.831. The van der Waals surface area contributed by atoms with Crippen LogP contribution in [0.3, 0.4) is 0 Å². The molecule has 0 bridgehead atoms. The molecule has 2 rings (SSSR count). The lowest BCUT2D eigenvalue weighted by Gasteiger charge is -2.14. The summed E-state index contributed by atoms with van der Waals surface area (Å²) in [5, 5.41) is 1.10. The number of nitrogens with one attached hydrogen (secondary N) is 1. The molecule has 6 nitrogen and oxygen atoms in total. The van der Waals surface area contributed by atoms with Crippen LogP contribution in [0.4, 0.5) is 5.69 Å². The van der Waals surface area contributed by atoms with Crippen LogP contribution >= 0.6 is 0 Å². The van der Waals surface area contributed by atoms with E-state index < -0.39 is 10.0 Å². The van der Waals surface area contributed by atoms with E-state index in [1.807, 2.05) is 30.3 Å². The van der Waals surface area contributed by atoms with E-state index in [1.165, 1.54) is 39.5 Å². The average molecular weight is 349 g/mol. The normalized spacial score (nSPS) is 11.3. The van der Waals surface area contributed by atoms with E-state index in [9.17, 15) is 8.42 Å². The predicted molar refractivity (Wildman–Crippen MR) is 94.1 cm³/mol. The summed E-state index contributed by atoms with van der Waals surface area (Å²) in [7, 11) is 0.720. The molecular formula is C17H19NO5S. The van der Waals surface area contributed by atoms with E-state index in [2.05, 4.69) is 4.72 Å². The zero-order valence-corrected chi connectivity index (χ0v) is 14.5. The van der Waals surface area contributed by atoms with Crippen molar-refractivity contribution in [3.63, 3.8) is 0 Å². The van der Waals surface area contributed by atoms with E-state index in [4.69, 9.17) is 14.2 Å².